The van der Waals surface area contributed by atoms with E-state index in [2.05, 4.69) is 48.6 Å². The van der Waals surface area contributed by atoms with Gasteiger partial charge in [-0.3, -0.25) is 4.90 Å². The lowest BCUT2D eigenvalue weighted by Gasteiger charge is -2.40. The number of nitrogens with two attached hydrogens (primary N) is 2. The van der Waals surface area contributed by atoms with Crippen molar-refractivity contribution in [3.8, 4) is 17.0 Å². The molecule has 4 N–H and O–H groups in total. The van der Waals surface area contributed by atoms with Crippen molar-refractivity contribution in [2.75, 3.05) is 18.6 Å². The summed E-state index contributed by atoms with van der Waals surface area (Å²) in [6, 6.07) is 6.01. The Morgan fingerprint density at radius 2 is 1.85 bits per heavy atom. The minimum Gasteiger partial charge on any atom is -0.495 e. The van der Waals surface area contributed by atoms with Gasteiger partial charge < -0.3 is 25.7 Å². The number of hydrogen-bond donors (Lipinski definition) is 2. The third-order valence-corrected chi connectivity index (χ3v) is 5.95. The largest absolute Gasteiger partial charge is 0.495 e. The Hall–Kier alpha value is -3.68. The van der Waals surface area contributed by atoms with Gasteiger partial charge >= 0.3 is 0 Å². The molecule has 0 amide bonds. The number of aryl methyl sites for hydroxylation is 1. The molecule has 174 valence electrons. The number of methoxy groups -OCH3 is 1. The fourth-order valence-corrected chi connectivity index (χ4v) is 4.21. The number of benzene rings is 1. The van der Waals surface area contributed by atoms with Crippen LogP contribution in [0, 0.1) is 12.3 Å². The molecule has 1 aromatic carbocycles. The van der Waals surface area contributed by atoms with Crippen LogP contribution in [0.15, 0.2) is 64.5 Å². The van der Waals surface area contributed by atoms with Crippen LogP contribution in [0.3, 0.4) is 0 Å². The van der Waals surface area contributed by atoms with Crippen LogP contribution in [0.5, 0.6) is 5.75 Å². The predicted molar refractivity (Wildman–Crippen MR) is 133 cm³/mol. The van der Waals surface area contributed by atoms with Crippen molar-refractivity contribution in [2.45, 2.75) is 34.6 Å². The summed E-state index contributed by atoms with van der Waals surface area (Å²) in [4.78, 5) is 12.9. The lowest BCUT2D eigenvalue weighted by molar-refractivity contribution is 0.269. The third-order valence-electron chi connectivity index (χ3n) is 5.95. The summed E-state index contributed by atoms with van der Waals surface area (Å²) in [5, 5.41) is 0. The molecule has 3 heterocycles. The molecular weight excluding hydrogens is 414 g/mol. The molecule has 0 unspecified atom stereocenters. The summed E-state index contributed by atoms with van der Waals surface area (Å²) >= 11 is 0. The van der Waals surface area contributed by atoms with E-state index in [1.54, 1.807) is 13.3 Å². The molecule has 0 radical (unpaired) electrons. The first kappa shape index (κ1) is 22.5. The zero-order valence-corrected chi connectivity index (χ0v) is 20.5. The zero-order chi connectivity index (χ0) is 24.1. The minimum absolute atomic E-state index is 0.0567. The van der Waals surface area contributed by atoms with E-state index in [4.69, 9.17) is 16.2 Å². The molecule has 4 rings (SSSR count). The van der Waals surface area contributed by atoms with Crippen molar-refractivity contribution < 1.29 is 4.74 Å². The Morgan fingerprint density at radius 1 is 1.12 bits per heavy atom. The number of aromatic nitrogens is 2. The number of hydrogen-bond acceptors (Lipinski definition) is 7. The minimum atomic E-state index is 0.0567. The van der Waals surface area contributed by atoms with E-state index >= 15 is 0 Å². The Kier molecular flexibility index (Phi) is 5.47. The van der Waals surface area contributed by atoms with Gasteiger partial charge in [0.25, 0.3) is 0 Å². The van der Waals surface area contributed by atoms with Crippen LogP contribution in [0.4, 0.5) is 5.69 Å². The van der Waals surface area contributed by atoms with Gasteiger partial charge in [0.15, 0.2) is 0 Å². The Morgan fingerprint density at radius 3 is 2.45 bits per heavy atom. The van der Waals surface area contributed by atoms with Gasteiger partial charge in [-0.15, -0.1) is 0 Å². The molecule has 0 saturated carbocycles. The Bertz CT molecular complexity index is 1220. The van der Waals surface area contributed by atoms with E-state index < -0.39 is 0 Å². The number of anilines is 1. The van der Waals surface area contributed by atoms with Crippen LogP contribution >= 0.6 is 0 Å². The van der Waals surface area contributed by atoms with Crippen molar-refractivity contribution in [1.29, 1.82) is 0 Å². The molecule has 1 aromatic heterocycles. The van der Waals surface area contributed by atoms with E-state index in [1.165, 1.54) is 0 Å². The Labute approximate surface area is 195 Å². The lowest BCUT2D eigenvalue weighted by atomic mass is 9.94. The van der Waals surface area contributed by atoms with Crippen LogP contribution in [0.2, 0.25) is 0 Å². The monoisotopic (exact) mass is 447 g/mol. The van der Waals surface area contributed by atoms with Gasteiger partial charge in [0.2, 0.25) is 5.96 Å². The van der Waals surface area contributed by atoms with Crippen molar-refractivity contribution in [3.05, 3.63) is 65.3 Å². The summed E-state index contributed by atoms with van der Waals surface area (Å²) in [5.74, 6) is 2.58. The smallest absolute Gasteiger partial charge is 0.205 e. The molecule has 2 aliphatic rings. The SMILES string of the molecule is COc1cc(-c2cnc(C)n2C)ccc1N1C(N)=NC=C2C=C(C)N(CC(C)(C)C)C(N)=C21. The zero-order valence-electron chi connectivity index (χ0n) is 20.5. The van der Waals surface area contributed by atoms with Crippen LogP contribution < -0.4 is 21.1 Å². The molecule has 33 heavy (non-hydrogen) atoms. The molecule has 0 saturated heterocycles. The second-order valence-electron chi connectivity index (χ2n) is 9.71. The maximum Gasteiger partial charge on any atom is 0.205 e. The summed E-state index contributed by atoms with van der Waals surface area (Å²) in [5.41, 5.74) is 18.8. The van der Waals surface area contributed by atoms with E-state index in [1.807, 2.05) is 47.8 Å². The highest BCUT2D eigenvalue weighted by molar-refractivity contribution is 6.02. The van der Waals surface area contributed by atoms with E-state index in [-0.39, 0.29) is 5.41 Å². The lowest BCUT2D eigenvalue weighted by Crippen LogP contribution is -2.45. The quantitative estimate of drug-likeness (QED) is 0.740. The number of nitrogens with zero attached hydrogens (tertiary/aromatic N) is 5. The van der Waals surface area contributed by atoms with Crippen LogP contribution in [-0.2, 0) is 7.05 Å². The average Bonchev–Trinajstić information content (AvgIpc) is 3.09. The number of allylic oxidation sites excluding steroid dienone is 2. The first-order valence-corrected chi connectivity index (χ1v) is 11.0. The van der Waals surface area contributed by atoms with Gasteiger partial charge in [0.05, 0.1) is 30.4 Å². The summed E-state index contributed by atoms with van der Waals surface area (Å²) in [6.45, 7) is 11.4. The van der Waals surface area contributed by atoms with Gasteiger partial charge in [-0.05, 0) is 37.5 Å². The van der Waals surface area contributed by atoms with Crippen LogP contribution in [0.1, 0.15) is 33.5 Å². The molecule has 0 bridgehead atoms. The number of imidazole rings is 1. The Balaban J connectivity index is 1.83. The highest BCUT2D eigenvalue weighted by atomic mass is 16.5. The predicted octanol–water partition coefficient (Wildman–Crippen LogP) is 3.82. The number of aliphatic imine (C=N–C) groups is 1. The maximum absolute atomic E-state index is 6.78. The summed E-state index contributed by atoms with van der Waals surface area (Å²) in [6.07, 6.45) is 5.73. The molecule has 2 aromatic rings. The van der Waals surface area contributed by atoms with Crippen LogP contribution in [-0.4, -0.2) is 34.1 Å². The summed E-state index contributed by atoms with van der Waals surface area (Å²) in [7, 11) is 3.65. The second kappa shape index (κ2) is 8.03. The molecule has 0 fully saturated rings. The van der Waals surface area contributed by atoms with Gasteiger partial charge in [-0.2, -0.15) is 0 Å². The molecule has 2 aliphatic heterocycles. The van der Waals surface area contributed by atoms with Crippen LogP contribution in [0.25, 0.3) is 11.3 Å². The third kappa shape index (κ3) is 3.97. The highest BCUT2D eigenvalue weighted by Gasteiger charge is 2.33. The molecule has 0 spiro atoms. The van der Waals surface area contributed by atoms with Gasteiger partial charge in [-0.25, -0.2) is 9.98 Å². The average molecular weight is 448 g/mol. The van der Waals surface area contributed by atoms with Gasteiger partial charge in [0, 0.05) is 36.6 Å². The van der Waals surface area contributed by atoms with Crippen molar-refractivity contribution in [3.63, 3.8) is 0 Å². The van der Waals surface area contributed by atoms with Gasteiger partial charge in [0.1, 0.15) is 17.4 Å². The molecule has 8 heteroatoms. The van der Waals surface area contributed by atoms with E-state index in [0.717, 1.165) is 46.3 Å². The first-order chi connectivity index (χ1) is 15.5. The van der Waals surface area contributed by atoms with E-state index in [0.29, 0.717) is 17.5 Å². The molecule has 0 atom stereocenters. The fraction of sp³-hybridized carbons (Fsp3) is 0.360. The molecule has 8 nitrogen and oxygen atoms in total. The topological polar surface area (TPSA) is 97.9 Å². The van der Waals surface area contributed by atoms with Gasteiger partial charge in [-0.1, -0.05) is 26.8 Å². The summed E-state index contributed by atoms with van der Waals surface area (Å²) < 4.78 is 7.85. The molecular formula is C25H33N7O. The van der Waals surface area contributed by atoms with Crippen molar-refractivity contribution in [2.24, 2.45) is 28.9 Å². The number of ether oxygens (including phenoxy) is 1. The van der Waals surface area contributed by atoms with Crippen molar-refractivity contribution in [1.82, 2.24) is 14.5 Å². The highest BCUT2D eigenvalue weighted by Crippen LogP contribution is 2.40. The standard InChI is InChI=1S/C25H33N7O/c1-15-10-18-12-29-24(27)32(22(18)23(26)31(15)14-25(3,4)5)19-9-8-17(11-21(19)33-7)20-13-28-16(2)30(20)6/h8-13H,14,26H2,1-7H3,(H2,27,29). The number of rotatable bonds is 4. The first-order valence-electron chi connectivity index (χ1n) is 11.0. The second-order valence-corrected chi connectivity index (χ2v) is 9.71. The number of fused-ring (bicyclic) bond motifs is 1. The maximum atomic E-state index is 6.78. The van der Waals surface area contributed by atoms with Crippen molar-refractivity contribution >= 4 is 11.6 Å². The number of guanidine groups is 1. The molecule has 0 aliphatic carbocycles. The normalized spacial score (nSPS) is 16.4. The van der Waals surface area contributed by atoms with E-state index in [9.17, 15) is 0 Å². The fourth-order valence-electron chi connectivity index (χ4n) is 4.21.